The summed E-state index contributed by atoms with van der Waals surface area (Å²) in [4.78, 5) is 81.2. The Morgan fingerprint density at radius 2 is 1.23 bits per heavy atom. The fraction of sp³-hybridized carbons (Fsp3) is 0.727. The lowest BCUT2D eigenvalue weighted by atomic mass is 10.3. The van der Waals surface area contributed by atoms with Crippen molar-refractivity contribution in [2.24, 2.45) is 0 Å². The third-order valence-electron chi connectivity index (χ3n) is 6.46. The Bertz CT molecular complexity index is 1260. The van der Waals surface area contributed by atoms with E-state index in [1.165, 1.54) is 40.7 Å². The normalized spacial score (nSPS) is 18.7. The van der Waals surface area contributed by atoms with Crippen LogP contribution in [0.25, 0.3) is 0 Å². The van der Waals surface area contributed by atoms with Crippen LogP contribution in [0.3, 0.4) is 0 Å². The van der Waals surface area contributed by atoms with Gasteiger partial charge in [-0.15, -0.1) is 0 Å². The van der Waals surface area contributed by atoms with Crippen LogP contribution < -0.4 is 17.1 Å². The van der Waals surface area contributed by atoms with Gasteiger partial charge in [0, 0.05) is 27.7 Å². The Hall–Kier alpha value is -3.74. The molecule has 0 saturated carbocycles. The summed E-state index contributed by atoms with van der Waals surface area (Å²) in [6.45, 7) is 1.01. The van der Waals surface area contributed by atoms with Gasteiger partial charge >= 0.3 is 35.1 Å². The first-order valence-corrected chi connectivity index (χ1v) is 12.5. The van der Waals surface area contributed by atoms with Crippen LogP contribution in [0, 0.1) is 0 Å². The maximum Gasteiger partial charge on any atom is 0.336 e. The molecule has 2 fully saturated rings. The first-order chi connectivity index (χ1) is 19.1. The smallest absolute Gasteiger partial charge is 0.336 e. The quantitative estimate of drug-likeness (QED) is 0.167. The zero-order valence-corrected chi connectivity index (χ0v) is 22.9. The van der Waals surface area contributed by atoms with Gasteiger partial charge in [-0.2, -0.15) is 0 Å². The molecule has 18 nitrogen and oxygen atoms in total. The first kappa shape index (κ1) is 30.8. The number of hydrogen-bond donors (Lipinski definition) is 1. The molecule has 2 aliphatic heterocycles. The molecule has 40 heavy (non-hydrogen) atoms. The summed E-state index contributed by atoms with van der Waals surface area (Å²) in [7, 11) is 2.78. The molecule has 3 heterocycles. The van der Waals surface area contributed by atoms with Crippen LogP contribution in [0.4, 0.5) is 9.59 Å². The van der Waals surface area contributed by atoms with Crippen molar-refractivity contribution in [3.8, 4) is 0 Å². The van der Waals surface area contributed by atoms with Gasteiger partial charge in [0.15, 0.2) is 19.1 Å². The second-order valence-corrected chi connectivity index (χ2v) is 8.83. The standard InChI is InChI=1S/C22H35N7O11/c1-5-23-16-17(27(12-38-4)22(36)29(16)14-40-15(2)31)28(18(23)32)13-39-11-8-26-20(34)24(6-9-30)19(33)25(21(26)35)7-10-37-3/h16-17,30H,5-14H2,1-4H3. The summed E-state index contributed by atoms with van der Waals surface area (Å²) >= 11 is 0. The molecule has 0 spiro atoms. The number of likely N-dealkylation sites (N-methyl/N-ethyl adjacent to an activating group) is 1. The van der Waals surface area contributed by atoms with E-state index in [1.807, 2.05) is 0 Å². The summed E-state index contributed by atoms with van der Waals surface area (Å²) in [5.41, 5.74) is -2.65. The number of urea groups is 2. The zero-order valence-electron chi connectivity index (χ0n) is 22.9. The van der Waals surface area contributed by atoms with E-state index in [4.69, 9.17) is 18.9 Å². The average molecular weight is 574 g/mol. The summed E-state index contributed by atoms with van der Waals surface area (Å²) in [6, 6.07) is -0.960. The minimum atomic E-state index is -0.912. The number of carbonyl (C=O) groups excluding carboxylic acids is 3. The van der Waals surface area contributed by atoms with E-state index < -0.39 is 54.0 Å². The highest BCUT2D eigenvalue weighted by atomic mass is 16.5. The van der Waals surface area contributed by atoms with Crippen LogP contribution in [-0.2, 0) is 43.4 Å². The van der Waals surface area contributed by atoms with E-state index >= 15 is 0 Å². The molecular formula is C22H35N7O11. The van der Waals surface area contributed by atoms with Crippen molar-refractivity contribution in [3.05, 3.63) is 31.5 Å². The monoisotopic (exact) mass is 573 g/mol. The van der Waals surface area contributed by atoms with E-state index in [9.17, 15) is 33.9 Å². The number of fused-ring (bicyclic) bond motifs is 1. The van der Waals surface area contributed by atoms with Crippen molar-refractivity contribution in [2.45, 2.75) is 45.8 Å². The second kappa shape index (κ2) is 13.6. The van der Waals surface area contributed by atoms with Gasteiger partial charge in [-0.3, -0.25) is 19.5 Å². The molecule has 18 heteroatoms. The predicted molar refractivity (Wildman–Crippen MR) is 134 cm³/mol. The number of methoxy groups -OCH3 is 2. The van der Waals surface area contributed by atoms with Gasteiger partial charge in [0.05, 0.1) is 39.5 Å². The number of aromatic nitrogens is 3. The molecule has 1 N–H and O–H groups in total. The molecule has 2 aliphatic rings. The average Bonchev–Trinajstić information content (AvgIpc) is 3.34. The minimum Gasteiger partial charge on any atom is -0.444 e. The number of nitrogens with zero attached hydrogens (tertiary/aromatic N) is 7. The number of esters is 1. The molecule has 224 valence electrons. The van der Waals surface area contributed by atoms with E-state index in [0.29, 0.717) is 0 Å². The molecule has 0 radical (unpaired) electrons. The Kier molecular flexibility index (Phi) is 10.4. The van der Waals surface area contributed by atoms with Crippen LogP contribution in [0.1, 0.15) is 13.8 Å². The number of ether oxygens (including phenoxy) is 4. The Balaban J connectivity index is 1.80. The summed E-state index contributed by atoms with van der Waals surface area (Å²) in [5.74, 6) is -0.594. The molecule has 1 aromatic rings. The molecular weight excluding hydrogens is 538 g/mol. The maximum atomic E-state index is 13.2. The highest BCUT2D eigenvalue weighted by molar-refractivity contribution is 5.85. The van der Waals surface area contributed by atoms with Crippen LogP contribution in [0.5, 0.6) is 0 Å². The fourth-order valence-electron chi connectivity index (χ4n) is 4.64. The van der Waals surface area contributed by atoms with Gasteiger partial charge in [0.2, 0.25) is 0 Å². The lowest BCUT2D eigenvalue weighted by Gasteiger charge is -2.28. The van der Waals surface area contributed by atoms with E-state index in [0.717, 1.165) is 13.7 Å². The molecule has 4 amide bonds. The van der Waals surface area contributed by atoms with Gasteiger partial charge in [-0.05, 0) is 6.92 Å². The van der Waals surface area contributed by atoms with Gasteiger partial charge in [-0.25, -0.2) is 37.7 Å². The van der Waals surface area contributed by atoms with Gasteiger partial charge < -0.3 is 29.0 Å². The number of amides is 4. The largest absolute Gasteiger partial charge is 0.444 e. The van der Waals surface area contributed by atoms with Crippen molar-refractivity contribution < 1.29 is 38.4 Å². The first-order valence-electron chi connectivity index (χ1n) is 12.5. The lowest BCUT2D eigenvalue weighted by molar-refractivity contribution is -0.145. The molecule has 1 aromatic heterocycles. The van der Waals surface area contributed by atoms with E-state index in [-0.39, 0.29) is 59.6 Å². The van der Waals surface area contributed by atoms with Crippen molar-refractivity contribution >= 4 is 18.0 Å². The molecule has 2 saturated heterocycles. The lowest BCUT2D eigenvalue weighted by Crippen LogP contribution is -2.55. The Labute approximate surface area is 228 Å². The van der Waals surface area contributed by atoms with Crippen LogP contribution in [-0.4, -0.2) is 130 Å². The number of carbonyl (C=O) groups is 3. The van der Waals surface area contributed by atoms with Crippen LogP contribution >= 0.6 is 0 Å². The van der Waals surface area contributed by atoms with Crippen molar-refractivity contribution in [2.75, 3.05) is 60.8 Å². The van der Waals surface area contributed by atoms with Crippen LogP contribution in [0.2, 0.25) is 0 Å². The van der Waals surface area contributed by atoms with E-state index in [2.05, 4.69) is 0 Å². The maximum absolute atomic E-state index is 13.2. The number of aliphatic hydroxyl groups excluding tert-OH is 1. The third kappa shape index (κ3) is 5.88. The third-order valence-corrected chi connectivity index (χ3v) is 6.46. The minimum absolute atomic E-state index is 0.0434. The summed E-state index contributed by atoms with van der Waals surface area (Å²) < 4.78 is 23.2. The molecule has 2 atom stereocenters. The van der Waals surface area contributed by atoms with Crippen molar-refractivity contribution in [1.82, 2.24) is 33.3 Å². The highest BCUT2D eigenvalue weighted by Gasteiger charge is 2.59. The molecule has 0 bridgehead atoms. The Morgan fingerprint density at radius 3 is 1.75 bits per heavy atom. The number of rotatable bonds is 15. The summed E-state index contributed by atoms with van der Waals surface area (Å²) in [6.07, 6.45) is -1.63. The zero-order chi connectivity index (χ0) is 29.6. The number of aliphatic hydroxyl groups is 1. The topological polar surface area (TPSA) is 187 Å². The number of hydrogen-bond acceptors (Lipinski definition) is 11. The van der Waals surface area contributed by atoms with Gasteiger partial charge in [0.25, 0.3) is 0 Å². The summed E-state index contributed by atoms with van der Waals surface area (Å²) in [5, 5.41) is 9.28. The molecule has 3 rings (SSSR count). The second-order valence-electron chi connectivity index (χ2n) is 8.83. The predicted octanol–water partition coefficient (Wildman–Crippen LogP) is -2.94. The SMILES string of the molecule is CCN1C(=O)N(COCCn2c(=O)n(CCO)c(=O)n(CCOC)c2=O)C2C1N(COC(C)=O)C(=O)N2COC. The van der Waals surface area contributed by atoms with Crippen molar-refractivity contribution in [3.63, 3.8) is 0 Å². The molecule has 0 aromatic carbocycles. The van der Waals surface area contributed by atoms with Gasteiger partial charge in [0.1, 0.15) is 13.5 Å². The molecule has 2 unspecified atom stereocenters. The van der Waals surface area contributed by atoms with Crippen LogP contribution in [0.15, 0.2) is 14.4 Å². The Morgan fingerprint density at radius 1 is 0.725 bits per heavy atom. The molecule has 0 aliphatic carbocycles. The van der Waals surface area contributed by atoms with Gasteiger partial charge in [-0.1, -0.05) is 0 Å². The highest BCUT2D eigenvalue weighted by Crippen LogP contribution is 2.34. The van der Waals surface area contributed by atoms with Crippen molar-refractivity contribution in [1.29, 1.82) is 0 Å². The van der Waals surface area contributed by atoms with E-state index in [1.54, 1.807) is 6.92 Å². The fourth-order valence-corrected chi connectivity index (χ4v) is 4.64.